The minimum Gasteiger partial charge on any atom is -0.481 e. The average Bonchev–Trinajstić information content (AvgIpc) is 2.22. The summed E-state index contributed by atoms with van der Waals surface area (Å²) in [6.45, 7) is 5.62. The highest BCUT2D eigenvalue weighted by atomic mass is 16.4. The molecule has 2 N–H and O–H groups in total. The van der Waals surface area contributed by atoms with Gasteiger partial charge in [-0.3, -0.25) is 14.5 Å². The lowest BCUT2D eigenvalue weighted by Gasteiger charge is -2.39. The van der Waals surface area contributed by atoms with E-state index in [1.807, 2.05) is 0 Å². The Morgan fingerprint density at radius 1 is 1.62 bits per heavy atom. The zero-order valence-corrected chi connectivity index (χ0v) is 9.90. The van der Waals surface area contributed by atoms with Crippen molar-refractivity contribution in [3.8, 4) is 0 Å². The molecule has 0 aromatic heterocycles. The highest BCUT2D eigenvalue weighted by molar-refractivity contribution is 5.83. The van der Waals surface area contributed by atoms with Gasteiger partial charge in [0.05, 0.1) is 6.04 Å². The Morgan fingerprint density at radius 3 is 2.88 bits per heavy atom. The fourth-order valence-corrected chi connectivity index (χ4v) is 2.13. The maximum atomic E-state index is 11.7. The summed E-state index contributed by atoms with van der Waals surface area (Å²) in [5.41, 5.74) is 0. The monoisotopic (exact) mass is 228 g/mol. The Hall–Kier alpha value is -1.10. The number of nitrogens with zero attached hydrogens (tertiary/aromatic N) is 1. The first-order chi connectivity index (χ1) is 7.56. The lowest BCUT2D eigenvalue weighted by atomic mass is 10.0. The van der Waals surface area contributed by atoms with Gasteiger partial charge in [0.15, 0.2) is 0 Å². The molecule has 1 saturated heterocycles. The third-order valence-corrected chi connectivity index (χ3v) is 2.95. The van der Waals surface area contributed by atoms with Crippen molar-refractivity contribution in [1.82, 2.24) is 10.2 Å². The Labute approximate surface area is 95.8 Å². The van der Waals surface area contributed by atoms with Crippen LogP contribution in [0.4, 0.5) is 0 Å². The molecule has 0 aromatic rings. The van der Waals surface area contributed by atoms with Crippen molar-refractivity contribution in [3.63, 3.8) is 0 Å². The minimum absolute atomic E-state index is 0.0344. The quantitative estimate of drug-likeness (QED) is 0.717. The molecular formula is C11H20N2O3. The van der Waals surface area contributed by atoms with Crippen molar-refractivity contribution in [2.75, 3.05) is 13.1 Å². The highest BCUT2D eigenvalue weighted by Gasteiger charge is 2.33. The van der Waals surface area contributed by atoms with Crippen molar-refractivity contribution in [2.24, 2.45) is 0 Å². The second kappa shape index (κ2) is 5.84. The molecule has 2 unspecified atom stereocenters. The summed E-state index contributed by atoms with van der Waals surface area (Å²) >= 11 is 0. The van der Waals surface area contributed by atoms with Crippen LogP contribution in [-0.2, 0) is 9.59 Å². The van der Waals surface area contributed by atoms with Gasteiger partial charge in [0.1, 0.15) is 0 Å². The lowest BCUT2D eigenvalue weighted by molar-refractivity contribution is -0.138. The minimum atomic E-state index is -0.845. The number of amides is 1. The van der Waals surface area contributed by atoms with E-state index < -0.39 is 5.97 Å². The number of hydrogen-bond acceptors (Lipinski definition) is 3. The van der Waals surface area contributed by atoms with Gasteiger partial charge in [0.25, 0.3) is 0 Å². The van der Waals surface area contributed by atoms with Gasteiger partial charge in [-0.25, -0.2) is 0 Å². The number of rotatable bonds is 5. The summed E-state index contributed by atoms with van der Waals surface area (Å²) in [6.07, 6.45) is 1.41. The zero-order chi connectivity index (χ0) is 12.1. The molecule has 5 heteroatoms. The highest BCUT2D eigenvalue weighted by Crippen LogP contribution is 2.16. The van der Waals surface area contributed by atoms with Gasteiger partial charge in [0.2, 0.25) is 5.91 Å². The Kier molecular flexibility index (Phi) is 4.73. The van der Waals surface area contributed by atoms with Crippen LogP contribution in [0.15, 0.2) is 0 Å². The first-order valence-electron chi connectivity index (χ1n) is 5.81. The second-order valence-corrected chi connectivity index (χ2v) is 4.28. The molecule has 0 radical (unpaired) electrons. The van der Waals surface area contributed by atoms with Gasteiger partial charge < -0.3 is 10.4 Å². The number of hydrogen-bond donors (Lipinski definition) is 2. The van der Waals surface area contributed by atoms with Crippen molar-refractivity contribution < 1.29 is 14.7 Å². The van der Waals surface area contributed by atoms with Crippen LogP contribution < -0.4 is 5.32 Å². The van der Waals surface area contributed by atoms with Crippen LogP contribution in [-0.4, -0.2) is 47.1 Å². The molecule has 16 heavy (non-hydrogen) atoms. The first kappa shape index (κ1) is 13.0. The Bertz CT molecular complexity index is 268. The van der Waals surface area contributed by atoms with E-state index in [1.54, 1.807) is 0 Å². The molecule has 2 atom stereocenters. The smallest absolute Gasteiger partial charge is 0.303 e. The van der Waals surface area contributed by atoms with Crippen LogP contribution in [0, 0.1) is 0 Å². The molecule has 1 heterocycles. The van der Waals surface area contributed by atoms with Gasteiger partial charge in [-0.15, -0.1) is 0 Å². The summed E-state index contributed by atoms with van der Waals surface area (Å²) in [5.74, 6) is -0.879. The molecule has 0 aromatic carbocycles. The van der Waals surface area contributed by atoms with E-state index in [1.165, 1.54) is 0 Å². The predicted molar refractivity (Wildman–Crippen MR) is 60.1 cm³/mol. The van der Waals surface area contributed by atoms with Crippen molar-refractivity contribution >= 4 is 11.9 Å². The first-order valence-corrected chi connectivity index (χ1v) is 5.81. The van der Waals surface area contributed by atoms with E-state index in [-0.39, 0.29) is 24.4 Å². The molecule has 1 rings (SSSR count). The lowest BCUT2D eigenvalue weighted by Crippen LogP contribution is -2.59. The van der Waals surface area contributed by atoms with Crippen LogP contribution in [0.3, 0.4) is 0 Å². The molecule has 5 nitrogen and oxygen atoms in total. The predicted octanol–water partition coefficient (Wildman–Crippen LogP) is 0.450. The Balaban J connectivity index is 2.64. The molecule has 92 valence electrons. The molecule has 1 aliphatic rings. The summed E-state index contributed by atoms with van der Waals surface area (Å²) in [7, 11) is 0. The van der Waals surface area contributed by atoms with Gasteiger partial charge in [0, 0.05) is 19.0 Å². The van der Waals surface area contributed by atoms with E-state index >= 15 is 0 Å². The molecule has 1 amide bonds. The van der Waals surface area contributed by atoms with Gasteiger partial charge in [-0.1, -0.05) is 6.92 Å². The fraction of sp³-hybridized carbons (Fsp3) is 0.818. The molecule has 0 spiro atoms. The molecule has 0 bridgehead atoms. The van der Waals surface area contributed by atoms with Crippen LogP contribution >= 0.6 is 0 Å². The van der Waals surface area contributed by atoms with E-state index in [4.69, 9.17) is 5.11 Å². The van der Waals surface area contributed by atoms with E-state index in [0.29, 0.717) is 13.0 Å². The van der Waals surface area contributed by atoms with E-state index in [9.17, 15) is 9.59 Å². The van der Waals surface area contributed by atoms with E-state index in [2.05, 4.69) is 24.1 Å². The number of piperazine rings is 1. The molecule has 0 saturated carbocycles. The summed E-state index contributed by atoms with van der Waals surface area (Å²) in [5, 5.41) is 11.5. The molecule has 1 fully saturated rings. The third kappa shape index (κ3) is 3.20. The average molecular weight is 228 g/mol. The van der Waals surface area contributed by atoms with Crippen molar-refractivity contribution in [1.29, 1.82) is 0 Å². The number of carbonyl (C=O) groups is 2. The number of carboxylic acid groups (broad SMARTS) is 1. The number of carbonyl (C=O) groups excluding carboxylic acids is 1. The molecule has 1 aliphatic heterocycles. The summed E-state index contributed by atoms with van der Waals surface area (Å²) in [4.78, 5) is 24.3. The third-order valence-electron chi connectivity index (χ3n) is 2.95. The summed E-state index contributed by atoms with van der Waals surface area (Å²) < 4.78 is 0. The maximum absolute atomic E-state index is 11.7. The largest absolute Gasteiger partial charge is 0.481 e. The molecular weight excluding hydrogens is 208 g/mol. The van der Waals surface area contributed by atoms with Crippen LogP contribution in [0.5, 0.6) is 0 Å². The van der Waals surface area contributed by atoms with Crippen molar-refractivity contribution in [3.05, 3.63) is 0 Å². The van der Waals surface area contributed by atoms with Gasteiger partial charge in [-0.2, -0.15) is 0 Å². The molecule has 0 aliphatic carbocycles. The standard InChI is InChI=1S/C11H20N2O3/c1-3-6-13-8(2)7-12-11(16)9(13)4-5-10(14)15/h8-9H,3-7H2,1-2H3,(H,12,16)(H,14,15). The second-order valence-electron chi connectivity index (χ2n) is 4.28. The number of carboxylic acids is 1. The van der Waals surface area contributed by atoms with Crippen LogP contribution in [0.25, 0.3) is 0 Å². The van der Waals surface area contributed by atoms with Crippen molar-refractivity contribution in [2.45, 2.75) is 45.2 Å². The zero-order valence-electron chi connectivity index (χ0n) is 9.90. The topological polar surface area (TPSA) is 69.6 Å². The van der Waals surface area contributed by atoms with Gasteiger partial charge in [-0.05, 0) is 26.3 Å². The normalized spacial score (nSPS) is 26.5. The Morgan fingerprint density at radius 2 is 2.31 bits per heavy atom. The SMILES string of the molecule is CCCN1C(C)CNC(=O)C1CCC(=O)O. The van der Waals surface area contributed by atoms with E-state index in [0.717, 1.165) is 13.0 Å². The number of aliphatic carboxylic acids is 1. The van der Waals surface area contributed by atoms with Gasteiger partial charge >= 0.3 is 5.97 Å². The van der Waals surface area contributed by atoms with Crippen LogP contribution in [0.2, 0.25) is 0 Å². The van der Waals surface area contributed by atoms with Crippen LogP contribution in [0.1, 0.15) is 33.1 Å². The fourth-order valence-electron chi connectivity index (χ4n) is 2.13. The number of nitrogens with one attached hydrogen (secondary N) is 1. The summed E-state index contributed by atoms with van der Waals surface area (Å²) in [6, 6.07) is 0.0104. The maximum Gasteiger partial charge on any atom is 0.303 e.